The van der Waals surface area contributed by atoms with Crippen LogP contribution in [0.1, 0.15) is 23.0 Å². The van der Waals surface area contributed by atoms with Crippen LogP contribution in [0.15, 0.2) is 55.1 Å². The van der Waals surface area contributed by atoms with Gasteiger partial charge in [0, 0.05) is 16.1 Å². The molecule has 0 aliphatic carbocycles. The first kappa shape index (κ1) is 18.2. The maximum atomic E-state index is 12.4. The Balaban J connectivity index is 2.31. The second-order valence-electron chi connectivity index (χ2n) is 5.41. The van der Waals surface area contributed by atoms with E-state index >= 15 is 0 Å². The molecule has 0 radical (unpaired) electrons. The van der Waals surface area contributed by atoms with Crippen molar-refractivity contribution in [3.8, 4) is 16.9 Å². The lowest BCUT2D eigenvalue weighted by molar-refractivity contribution is 0.0518. The van der Waals surface area contributed by atoms with Crippen molar-refractivity contribution in [1.82, 2.24) is 9.78 Å². The summed E-state index contributed by atoms with van der Waals surface area (Å²) in [7, 11) is 0. The smallest absolute Gasteiger partial charge is 0.359 e. The molecule has 4 nitrogen and oxygen atoms in total. The Morgan fingerprint density at radius 1 is 1.19 bits per heavy atom. The number of carbonyl (C=O) groups is 1. The number of rotatable bonds is 5. The third-order valence-corrected chi connectivity index (χ3v) is 4.36. The lowest BCUT2D eigenvalue weighted by Crippen LogP contribution is -2.08. The molecule has 0 aliphatic rings. The molecule has 26 heavy (non-hydrogen) atoms. The summed E-state index contributed by atoms with van der Waals surface area (Å²) in [6.45, 7) is 5.85. The number of ether oxygens (including phenoxy) is 1. The fraction of sp³-hybridized carbons (Fsp3) is 0.100. The van der Waals surface area contributed by atoms with Crippen molar-refractivity contribution < 1.29 is 9.53 Å². The molecule has 6 heteroatoms. The van der Waals surface area contributed by atoms with Crippen LogP contribution in [0.4, 0.5) is 0 Å². The van der Waals surface area contributed by atoms with E-state index in [9.17, 15) is 4.79 Å². The summed E-state index contributed by atoms with van der Waals surface area (Å²) < 4.78 is 6.78. The van der Waals surface area contributed by atoms with Gasteiger partial charge in [-0.1, -0.05) is 60.1 Å². The van der Waals surface area contributed by atoms with Crippen molar-refractivity contribution in [3.63, 3.8) is 0 Å². The average Bonchev–Trinajstić information content (AvgIpc) is 3.02. The first-order valence-electron chi connectivity index (χ1n) is 8.00. The van der Waals surface area contributed by atoms with Crippen LogP contribution in [0, 0.1) is 0 Å². The van der Waals surface area contributed by atoms with Gasteiger partial charge in [-0.3, -0.25) is 0 Å². The Bertz CT molecular complexity index is 962. The van der Waals surface area contributed by atoms with Crippen LogP contribution < -0.4 is 0 Å². The molecule has 0 saturated carbocycles. The molecule has 1 aromatic heterocycles. The molecule has 0 atom stereocenters. The molecular weight excluding hydrogens is 371 g/mol. The molecule has 0 aliphatic heterocycles. The predicted molar refractivity (Wildman–Crippen MR) is 105 cm³/mol. The third kappa shape index (κ3) is 3.39. The van der Waals surface area contributed by atoms with Crippen molar-refractivity contribution in [1.29, 1.82) is 0 Å². The first-order valence-corrected chi connectivity index (χ1v) is 8.75. The Morgan fingerprint density at radius 3 is 2.50 bits per heavy atom. The lowest BCUT2D eigenvalue weighted by Gasteiger charge is -2.10. The highest BCUT2D eigenvalue weighted by Crippen LogP contribution is 2.33. The van der Waals surface area contributed by atoms with E-state index in [4.69, 9.17) is 27.9 Å². The van der Waals surface area contributed by atoms with Crippen molar-refractivity contribution in [3.05, 3.63) is 76.4 Å². The standard InChI is InChI=1S/C20H16Cl2N2O2/c1-3-15-18(20(25)26-4-2)23-24(17-8-6-5-7-16(17)22)19(15)13-9-11-14(21)12-10-13/h3,5-12H,1,4H2,2H3. The van der Waals surface area contributed by atoms with E-state index in [0.29, 0.717) is 27.0 Å². The Morgan fingerprint density at radius 2 is 1.88 bits per heavy atom. The van der Waals surface area contributed by atoms with Gasteiger partial charge in [0.25, 0.3) is 0 Å². The van der Waals surface area contributed by atoms with Crippen LogP contribution in [0.3, 0.4) is 0 Å². The molecular formula is C20H16Cl2N2O2. The predicted octanol–water partition coefficient (Wildman–Crippen LogP) is 5.67. The van der Waals surface area contributed by atoms with Crippen LogP contribution in [0.25, 0.3) is 23.0 Å². The highest BCUT2D eigenvalue weighted by Gasteiger charge is 2.24. The van der Waals surface area contributed by atoms with E-state index in [1.165, 1.54) is 0 Å². The van der Waals surface area contributed by atoms with Gasteiger partial charge in [-0.15, -0.1) is 0 Å². The van der Waals surface area contributed by atoms with E-state index < -0.39 is 5.97 Å². The second kappa shape index (κ2) is 7.77. The van der Waals surface area contributed by atoms with Crippen molar-refractivity contribution in [2.75, 3.05) is 6.61 Å². The van der Waals surface area contributed by atoms with Gasteiger partial charge in [0.05, 0.1) is 23.0 Å². The Kier molecular flexibility index (Phi) is 5.45. The lowest BCUT2D eigenvalue weighted by atomic mass is 10.1. The number of benzene rings is 2. The first-order chi connectivity index (χ1) is 12.6. The summed E-state index contributed by atoms with van der Waals surface area (Å²) in [6.07, 6.45) is 1.59. The van der Waals surface area contributed by atoms with Crippen molar-refractivity contribution in [2.24, 2.45) is 0 Å². The van der Waals surface area contributed by atoms with E-state index in [0.717, 1.165) is 5.56 Å². The summed E-state index contributed by atoms with van der Waals surface area (Å²) in [6, 6.07) is 14.5. The van der Waals surface area contributed by atoms with Crippen LogP contribution >= 0.6 is 23.2 Å². The highest BCUT2D eigenvalue weighted by molar-refractivity contribution is 6.32. The van der Waals surface area contributed by atoms with Crippen LogP contribution in [-0.4, -0.2) is 22.4 Å². The molecule has 0 fully saturated rings. The van der Waals surface area contributed by atoms with Crippen molar-refractivity contribution >= 4 is 35.2 Å². The molecule has 0 spiro atoms. The minimum atomic E-state index is -0.511. The Hall–Kier alpha value is -2.56. The van der Waals surface area contributed by atoms with Gasteiger partial charge >= 0.3 is 5.97 Å². The number of para-hydroxylation sites is 1. The molecule has 1 heterocycles. The number of esters is 1. The third-order valence-electron chi connectivity index (χ3n) is 3.79. The number of nitrogens with zero attached hydrogens (tertiary/aromatic N) is 2. The summed E-state index contributed by atoms with van der Waals surface area (Å²) in [5, 5.41) is 5.61. The normalized spacial score (nSPS) is 10.6. The van der Waals surface area contributed by atoms with Crippen LogP contribution in [0.5, 0.6) is 0 Å². The van der Waals surface area contributed by atoms with Gasteiger partial charge in [0.2, 0.25) is 0 Å². The monoisotopic (exact) mass is 386 g/mol. The summed E-state index contributed by atoms with van der Waals surface area (Å²) >= 11 is 12.4. The summed E-state index contributed by atoms with van der Waals surface area (Å²) in [4.78, 5) is 12.4. The topological polar surface area (TPSA) is 44.1 Å². The highest BCUT2D eigenvalue weighted by atomic mass is 35.5. The maximum absolute atomic E-state index is 12.4. The fourth-order valence-corrected chi connectivity index (χ4v) is 3.00. The summed E-state index contributed by atoms with van der Waals surface area (Å²) in [5.41, 5.74) is 2.93. The molecule has 0 bridgehead atoms. The van der Waals surface area contributed by atoms with Crippen LogP contribution in [-0.2, 0) is 4.74 Å². The van der Waals surface area contributed by atoms with Crippen LogP contribution in [0.2, 0.25) is 10.0 Å². The van der Waals surface area contributed by atoms with E-state index in [1.807, 2.05) is 30.3 Å². The summed E-state index contributed by atoms with van der Waals surface area (Å²) in [5.74, 6) is -0.511. The zero-order valence-corrected chi connectivity index (χ0v) is 15.6. The molecule has 0 saturated heterocycles. The number of carbonyl (C=O) groups excluding carboxylic acids is 1. The molecule has 0 N–H and O–H groups in total. The molecule has 3 rings (SSSR count). The molecule has 0 unspecified atom stereocenters. The number of aromatic nitrogens is 2. The quantitative estimate of drug-likeness (QED) is 0.530. The minimum absolute atomic E-state index is 0.187. The molecule has 132 valence electrons. The number of hydrogen-bond acceptors (Lipinski definition) is 3. The fourth-order valence-electron chi connectivity index (χ4n) is 2.66. The number of hydrogen-bond donors (Lipinski definition) is 0. The van der Waals surface area contributed by atoms with Gasteiger partial charge in [-0.2, -0.15) is 5.10 Å². The Labute approximate surface area is 161 Å². The molecule has 3 aromatic rings. The van der Waals surface area contributed by atoms with Crippen molar-refractivity contribution in [2.45, 2.75) is 6.92 Å². The van der Waals surface area contributed by atoms with Gasteiger partial charge in [0.15, 0.2) is 5.69 Å². The average molecular weight is 387 g/mol. The van der Waals surface area contributed by atoms with Gasteiger partial charge in [-0.25, -0.2) is 9.48 Å². The second-order valence-corrected chi connectivity index (χ2v) is 6.25. The van der Waals surface area contributed by atoms with Gasteiger partial charge < -0.3 is 4.74 Å². The van der Waals surface area contributed by atoms with E-state index in [1.54, 1.807) is 35.9 Å². The van der Waals surface area contributed by atoms with E-state index in [-0.39, 0.29) is 12.3 Å². The zero-order valence-electron chi connectivity index (χ0n) is 14.1. The van der Waals surface area contributed by atoms with Gasteiger partial charge in [0.1, 0.15) is 0 Å². The number of halogens is 2. The SMILES string of the molecule is C=Cc1c(C(=O)OCC)nn(-c2ccccc2Cl)c1-c1ccc(Cl)cc1. The van der Waals surface area contributed by atoms with E-state index in [2.05, 4.69) is 11.7 Å². The molecule has 0 amide bonds. The largest absolute Gasteiger partial charge is 0.461 e. The minimum Gasteiger partial charge on any atom is -0.461 e. The maximum Gasteiger partial charge on any atom is 0.359 e. The molecule has 2 aromatic carbocycles. The van der Waals surface area contributed by atoms with Gasteiger partial charge in [-0.05, 0) is 31.2 Å². The zero-order chi connectivity index (χ0) is 18.7.